The summed E-state index contributed by atoms with van der Waals surface area (Å²) in [6, 6.07) is 5.86. The summed E-state index contributed by atoms with van der Waals surface area (Å²) in [6.07, 6.45) is -0.484. The lowest BCUT2D eigenvalue weighted by Gasteiger charge is -2.13. The monoisotopic (exact) mass is 224 g/mol. The van der Waals surface area contributed by atoms with Gasteiger partial charge in [0, 0.05) is 6.07 Å². The van der Waals surface area contributed by atoms with Gasteiger partial charge < -0.3 is 10.5 Å². The molecule has 0 bridgehead atoms. The molecular formula is C10H12N2O4. The molecule has 6 heteroatoms. The number of nitro benzene ring substituents is 1. The minimum Gasteiger partial charge on any atom is -0.473 e. The van der Waals surface area contributed by atoms with Crippen LogP contribution < -0.4 is 10.5 Å². The Kier molecular flexibility index (Phi) is 3.82. The first-order valence-electron chi connectivity index (χ1n) is 4.75. The van der Waals surface area contributed by atoms with Crippen LogP contribution in [-0.2, 0) is 4.79 Å². The SMILES string of the molecule is CCC(Oc1ccccc1[N+](=O)[O-])C(N)=O. The Morgan fingerprint density at radius 3 is 2.69 bits per heavy atom. The van der Waals surface area contributed by atoms with Crippen molar-refractivity contribution in [1.82, 2.24) is 0 Å². The van der Waals surface area contributed by atoms with Crippen LogP contribution in [0.2, 0.25) is 0 Å². The molecule has 86 valence electrons. The maximum Gasteiger partial charge on any atom is 0.310 e. The van der Waals surface area contributed by atoms with Crippen LogP contribution in [0, 0.1) is 10.1 Å². The van der Waals surface area contributed by atoms with Crippen molar-refractivity contribution in [3.8, 4) is 5.75 Å². The van der Waals surface area contributed by atoms with E-state index in [1.807, 2.05) is 0 Å². The first-order valence-corrected chi connectivity index (χ1v) is 4.75. The van der Waals surface area contributed by atoms with Gasteiger partial charge in [-0.05, 0) is 12.5 Å². The second-order valence-electron chi connectivity index (χ2n) is 3.14. The number of rotatable bonds is 5. The number of nitrogens with zero attached hydrogens (tertiary/aromatic N) is 1. The highest BCUT2D eigenvalue weighted by Crippen LogP contribution is 2.27. The lowest BCUT2D eigenvalue weighted by molar-refractivity contribution is -0.386. The maximum absolute atomic E-state index is 10.9. The van der Waals surface area contributed by atoms with Gasteiger partial charge in [-0.3, -0.25) is 14.9 Å². The van der Waals surface area contributed by atoms with Crippen LogP contribution in [0.25, 0.3) is 0 Å². The highest BCUT2D eigenvalue weighted by atomic mass is 16.6. The Hall–Kier alpha value is -2.11. The number of benzene rings is 1. The Labute approximate surface area is 92.2 Å². The summed E-state index contributed by atoms with van der Waals surface area (Å²) in [6.45, 7) is 1.71. The van der Waals surface area contributed by atoms with Gasteiger partial charge >= 0.3 is 5.69 Å². The van der Waals surface area contributed by atoms with Crippen LogP contribution in [-0.4, -0.2) is 16.9 Å². The zero-order valence-corrected chi connectivity index (χ0v) is 8.75. The second kappa shape index (κ2) is 5.11. The summed E-state index contributed by atoms with van der Waals surface area (Å²) in [5.74, 6) is -0.584. The number of hydrogen-bond donors (Lipinski definition) is 1. The van der Waals surface area contributed by atoms with Gasteiger partial charge in [-0.2, -0.15) is 0 Å². The molecule has 1 amide bonds. The third kappa shape index (κ3) is 2.69. The van der Waals surface area contributed by atoms with Crippen molar-refractivity contribution in [2.45, 2.75) is 19.4 Å². The summed E-state index contributed by atoms with van der Waals surface area (Å²) in [7, 11) is 0. The van der Waals surface area contributed by atoms with E-state index in [-0.39, 0.29) is 11.4 Å². The fourth-order valence-electron chi connectivity index (χ4n) is 1.20. The molecule has 1 aromatic carbocycles. The van der Waals surface area contributed by atoms with Crippen molar-refractivity contribution in [3.63, 3.8) is 0 Å². The number of carbonyl (C=O) groups is 1. The molecule has 0 radical (unpaired) electrons. The van der Waals surface area contributed by atoms with Crippen LogP contribution >= 0.6 is 0 Å². The average molecular weight is 224 g/mol. The van der Waals surface area contributed by atoms with Crippen LogP contribution in [0.4, 0.5) is 5.69 Å². The zero-order valence-electron chi connectivity index (χ0n) is 8.75. The van der Waals surface area contributed by atoms with Gasteiger partial charge in [0.15, 0.2) is 11.9 Å². The minimum absolute atomic E-state index is 0.0538. The molecule has 0 aromatic heterocycles. The van der Waals surface area contributed by atoms with Crippen LogP contribution in [0.1, 0.15) is 13.3 Å². The standard InChI is InChI=1S/C10H12N2O4/c1-2-8(10(11)13)16-9-6-4-3-5-7(9)12(14)15/h3-6,8H,2H2,1H3,(H2,11,13). The molecule has 1 unspecified atom stereocenters. The van der Waals surface area contributed by atoms with Crippen LogP contribution in [0.15, 0.2) is 24.3 Å². The first kappa shape index (κ1) is 12.0. The molecule has 0 spiro atoms. The predicted octanol–water partition coefficient (Wildman–Crippen LogP) is 1.24. The van der Waals surface area contributed by atoms with E-state index in [1.165, 1.54) is 18.2 Å². The van der Waals surface area contributed by atoms with E-state index in [0.717, 1.165) is 0 Å². The highest BCUT2D eigenvalue weighted by Gasteiger charge is 2.20. The molecule has 2 N–H and O–H groups in total. The quantitative estimate of drug-likeness (QED) is 0.601. The van der Waals surface area contributed by atoms with E-state index < -0.39 is 16.9 Å². The number of nitrogens with two attached hydrogens (primary N) is 1. The molecule has 0 aliphatic carbocycles. The molecule has 1 atom stereocenters. The molecule has 0 aliphatic heterocycles. The van der Waals surface area contributed by atoms with Gasteiger partial charge in [-0.1, -0.05) is 19.1 Å². The van der Waals surface area contributed by atoms with Crippen molar-refractivity contribution in [3.05, 3.63) is 34.4 Å². The van der Waals surface area contributed by atoms with Gasteiger partial charge in [0.1, 0.15) is 0 Å². The fourth-order valence-corrected chi connectivity index (χ4v) is 1.20. The minimum atomic E-state index is -0.846. The zero-order chi connectivity index (χ0) is 12.1. The number of ether oxygens (including phenoxy) is 1. The van der Waals surface area contributed by atoms with E-state index in [0.29, 0.717) is 6.42 Å². The number of hydrogen-bond acceptors (Lipinski definition) is 4. The third-order valence-corrected chi connectivity index (χ3v) is 2.02. The van der Waals surface area contributed by atoms with E-state index in [4.69, 9.17) is 10.5 Å². The van der Waals surface area contributed by atoms with E-state index in [9.17, 15) is 14.9 Å². The van der Waals surface area contributed by atoms with Crippen LogP contribution in [0.5, 0.6) is 5.75 Å². The Balaban J connectivity index is 2.95. The topological polar surface area (TPSA) is 95.5 Å². The van der Waals surface area contributed by atoms with Gasteiger partial charge in [0.05, 0.1) is 4.92 Å². The second-order valence-corrected chi connectivity index (χ2v) is 3.14. The third-order valence-electron chi connectivity index (χ3n) is 2.02. The highest BCUT2D eigenvalue weighted by molar-refractivity contribution is 5.79. The molecular weight excluding hydrogens is 212 g/mol. The van der Waals surface area contributed by atoms with E-state index in [1.54, 1.807) is 13.0 Å². The molecule has 0 aliphatic rings. The summed E-state index contributed by atoms with van der Waals surface area (Å²) in [4.78, 5) is 21.0. The molecule has 0 saturated carbocycles. The fraction of sp³-hybridized carbons (Fsp3) is 0.300. The smallest absolute Gasteiger partial charge is 0.310 e. The van der Waals surface area contributed by atoms with Crippen molar-refractivity contribution in [2.75, 3.05) is 0 Å². The van der Waals surface area contributed by atoms with Gasteiger partial charge in [0.2, 0.25) is 0 Å². The Bertz CT molecular complexity index is 406. The number of amides is 1. The predicted molar refractivity (Wildman–Crippen MR) is 57.0 cm³/mol. The number of carbonyl (C=O) groups excluding carboxylic acids is 1. The van der Waals surface area contributed by atoms with Gasteiger partial charge in [-0.15, -0.1) is 0 Å². The summed E-state index contributed by atoms with van der Waals surface area (Å²) >= 11 is 0. The largest absolute Gasteiger partial charge is 0.473 e. The number of nitro groups is 1. The average Bonchev–Trinajstić information content (AvgIpc) is 2.25. The molecule has 16 heavy (non-hydrogen) atoms. The maximum atomic E-state index is 10.9. The summed E-state index contributed by atoms with van der Waals surface area (Å²) < 4.78 is 5.20. The lowest BCUT2D eigenvalue weighted by Crippen LogP contribution is -2.33. The molecule has 1 rings (SSSR count). The van der Waals surface area contributed by atoms with Gasteiger partial charge in [0.25, 0.3) is 5.91 Å². The lowest BCUT2D eigenvalue weighted by atomic mass is 10.2. The van der Waals surface area contributed by atoms with Crippen molar-refractivity contribution in [2.24, 2.45) is 5.73 Å². The molecule has 0 heterocycles. The summed E-state index contributed by atoms with van der Waals surface area (Å²) in [5.41, 5.74) is 4.91. The first-order chi connectivity index (χ1) is 7.56. The van der Waals surface area contributed by atoms with Crippen molar-refractivity contribution in [1.29, 1.82) is 0 Å². The van der Waals surface area contributed by atoms with E-state index in [2.05, 4.69) is 0 Å². The number of primary amides is 1. The summed E-state index contributed by atoms with van der Waals surface area (Å²) in [5, 5.41) is 10.7. The molecule has 6 nitrogen and oxygen atoms in total. The Morgan fingerprint density at radius 2 is 2.19 bits per heavy atom. The molecule has 1 aromatic rings. The molecule has 0 fully saturated rings. The molecule has 0 saturated heterocycles. The van der Waals surface area contributed by atoms with Crippen molar-refractivity contribution >= 4 is 11.6 Å². The van der Waals surface area contributed by atoms with Crippen LogP contribution in [0.3, 0.4) is 0 Å². The van der Waals surface area contributed by atoms with Crippen molar-refractivity contribution < 1.29 is 14.5 Å². The Morgan fingerprint density at radius 1 is 1.56 bits per heavy atom. The number of para-hydroxylation sites is 2. The normalized spacial score (nSPS) is 11.8. The van der Waals surface area contributed by atoms with E-state index >= 15 is 0 Å². The van der Waals surface area contributed by atoms with Gasteiger partial charge in [-0.25, -0.2) is 0 Å².